The van der Waals surface area contributed by atoms with E-state index in [-0.39, 0.29) is 17.6 Å². The van der Waals surface area contributed by atoms with Gasteiger partial charge in [0.1, 0.15) is 17.1 Å². The molecule has 2 heterocycles. The molecule has 0 bridgehead atoms. The number of amides is 1. The summed E-state index contributed by atoms with van der Waals surface area (Å²) in [5.74, 6) is 0.0188. The van der Waals surface area contributed by atoms with Gasteiger partial charge in [0.15, 0.2) is 0 Å². The van der Waals surface area contributed by atoms with Crippen LogP contribution in [0.5, 0.6) is 0 Å². The predicted octanol–water partition coefficient (Wildman–Crippen LogP) is 3.74. The second-order valence-electron chi connectivity index (χ2n) is 6.16. The zero-order valence-corrected chi connectivity index (χ0v) is 14.3. The molecule has 1 N–H and O–H groups in total. The van der Waals surface area contributed by atoms with Crippen molar-refractivity contribution in [1.82, 2.24) is 14.9 Å². The first-order valence-corrected chi connectivity index (χ1v) is 7.98. The van der Waals surface area contributed by atoms with Gasteiger partial charge in [0.05, 0.1) is 24.1 Å². The fourth-order valence-corrected chi connectivity index (χ4v) is 2.54. The summed E-state index contributed by atoms with van der Waals surface area (Å²) in [5.41, 5.74) is 2.58. The number of rotatable bonds is 5. The van der Waals surface area contributed by atoms with Gasteiger partial charge in [0, 0.05) is 6.20 Å². The largest absolute Gasteiger partial charge is 0.361 e. The second-order valence-corrected chi connectivity index (χ2v) is 6.16. The molecule has 3 rings (SSSR count). The summed E-state index contributed by atoms with van der Waals surface area (Å²) < 4.78 is 19.8. The van der Waals surface area contributed by atoms with Crippen molar-refractivity contribution < 1.29 is 13.7 Å². The maximum atomic E-state index is 12.9. The molecule has 130 valence electrons. The van der Waals surface area contributed by atoms with Gasteiger partial charge in [-0.15, -0.1) is 0 Å². The van der Waals surface area contributed by atoms with Gasteiger partial charge in [-0.2, -0.15) is 5.10 Å². The first-order chi connectivity index (χ1) is 11.9. The molecule has 0 radical (unpaired) electrons. The Kier molecular flexibility index (Phi) is 4.65. The lowest BCUT2D eigenvalue weighted by molar-refractivity contribution is 0.102. The highest BCUT2D eigenvalue weighted by Crippen LogP contribution is 2.22. The first-order valence-electron chi connectivity index (χ1n) is 7.98. The number of nitrogens with one attached hydrogen (secondary N) is 1. The minimum Gasteiger partial charge on any atom is -0.361 e. The van der Waals surface area contributed by atoms with Crippen LogP contribution < -0.4 is 5.32 Å². The Morgan fingerprint density at radius 3 is 2.72 bits per heavy atom. The Bertz CT molecular complexity index is 881. The lowest BCUT2D eigenvalue weighted by Gasteiger charge is -2.05. The van der Waals surface area contributed by atoms with E-state index in [1.165, 1.54) is 12.1 Å². The molecule has 0 aliphatic rings. The zero-order valence-electron chi connectivity index (χ0n) is 14.3. The van der Waals surface area contributed by atoms with Crippen LogP contribution in [0.15, 0.2) is 41.2 Å². The molecule has 0 saturated heterocycles. The summed E-state index contributed by atoms with van der Waals surface area (Å²) in [6.07, 6.45) is 3.29. The summed E-state index contributed by atoms with van der Waals surface area (Å²) in [6, 6.07) is 6.21. The van der Waals surface area contributed by atoms with E-state index in [0.717, 1.165) is 5.56 Å². The Hall–Kier alpha value is -2.96. The number of anilines is 1. The van der Waals surface area contributed by atoms with Crippen molar-refractivity contribution in [2.75, 3.05) is 5.32 Å². The molecule has 6 nitrogen and oxygen atoms in total. The van der Waals surface area contributed by atoms with Crippen LogP contribution in [0.4, 0.5) is 10.1 Å². The molecule has 0 spiro atoms. The molecular weight excluding hydrogens is 323 g/mol. The minimum atomic E-state index is -0.276. The Balaban J connectivity index is 1.72. The Morgan fingerprint density at radius 2 is 2.04 bits per heavy atom. The highest BCUT2D eigenvalue weighted by molar-refractivity contribution is 6.05. The number of aromatic nitrogens is 3. The fourth-order valence-electron chi connectivity index (χ4n) is 2.54. The third kappa shape index (κ3) is 3.76. The van der Waals surface area contributed by atoms with Crippen LogP contribution in [-0.2, 0) is 6.54 Å². The maximum Gasteiger partial charge on any atom is 0.261 e. The lowest BCUT2D eigenvalue weighted by atomic mass is 10.0. The van der Waals surface area contributed by atoms with Gasteiger partial charge in [-0.05, 0) is 30.5 Å². The number of hydrogen-bond donors (Lipinski definition) is 1. The Labute approximate surface area is 144 Å². The summed E-state index contributed by atoms with van der Waals surface area (Å²) >= 11 is 0. The molecule has 1 aromatic carbocycles. The smallest absolute Gasteiger partial charge is 0.261 e. The molecular formula is C18H19FN4O2. The lowest BCUT2D eigenvalue weighted by Crippen LogP contribution is -2.14. The van der Waals surface area contributed by atoms with Gasteiger partial charge >= 0.3 is 0 Å². The number of benzene rings is 1. The van der Waals surface area contributed by atoms with Crippen molar-refractivity contribution in [2.24, 2.45) is 0 Å². The number of carbonyl (C=O) groups excluding carboxylic acids is 1. The summed E-state index contributed by atoms with van der Waals surface area (Å²) in [7, 11) is 0. The third-order valence-electron chi connectivity index (χ3n) is 3.81. The fraction of sp³-hybridized carbons (Fsp3) is 0.278. The molecule has 2 aromatic heterocycles. The summed E-state index contributed by atoms with van der Waals surface area (Å²) in [4.78, 5) is 12.5. The van der Waals surface area contributed by atoms with Crippen LogP contribution >= 0.6 is 0 Å². The van der Waals surface area contributed by atoms with E-state index in [1.807, 2.05) is 13.8 Å². The number of halogens is 1. The van der Waals surface area contributed by atoms with Gasteiger partial charge < -0.3 is 9.84 Å². The summed E-state index contributed by atoms with van der Waals surface area (Å²) in [6.45, 7) is 6.11. The van der Waals surface area contributed by atoms with Gasteiger partial charge in [-0.25, -0.2) is 4.39 Å². The molecule has 3 aromatic rings. The van der Waals surface area contributed by atoms with Crippen LogP contribution in [0.2, 0.25) is 0 Å². The number of carbonyl (C=O) groups is 1. The Morgan fingerprint density at radius 1 is 1.32 bits per heavy atom. The van der Waals surface area contributed by atoms with Gasteiger partial charge in [0.25, 0.3) is 5.91 Å². The van der Waals surface area contributed by atoms with E-state index in [9.17, 15) is 9.18 Å². The molecule has 0 atom stereocenters. The van der Waals surface area contributed by atoms with E-state index in [0.29, 0.717) is 29.2 Å². The van der Waals surface area contributed by atoms with E-state index >= 15 is 0 Å². The van der Waals surface area contributed by atoms with Crippen molar-refractivity contribution in [2.45, 2.75) is 33.2 Å². The van der Waals surface area contributed by atoms with Crippen LogP contribution in [0.25, 0.3) is 0 Å². The SMILES string of the molecule is Cc1onc(C(C)C)c1C(=O)Nc1cnn(Cc2ccc(F)cc2)c1. The predicted molar refractivity (Wildman–Crippen MR) is 91.0 cm³/mol. The van der Waals surface area contributed by atoms with Crippen molar-refractivity contribution in [3.63, 3.8) is 0 Å². The summed E-state index contributed by atoms with van der Waals surface area (Å²) in [5, 5.41) is 11.0. The van der Waals surface area contributed by atoms with Crippen molar-refractivity contribution in [3.05, 3.63) is 65.1 Å². The van der Waals surface area contributed by atoms with Crippen LogP contribution in [0.1, 0.15) is 47.1 Å². The number of nitrogens with zero attached hydrogens (tertiary/aromatic N) is 3. The van der Waals surface area contributed by atoms with Crippen molar-refractivity contribution in [3.8, 4) is 0 Å². The number of hydrogen-bond acceptors (Lipinski definition) is 4. The topological polar surface area (TPSA) is 73.0 Å². The molecule has 0 aliphatic heterocycles. The highest BCUT2D eigenvalue weighted by Gasteiger charge is 2.22. The molecule has 25 heavy (non-hydrogen) atoms. The third-order valence-corrected chi connectivity index (χ3v) is 3.81. The van der Waals surface area contributed by atoms with Crippen molar-refractivity contribution >= 4 is 11.6 Å². The van der Waals surface area contributed by atoms with Gasteiger partial charge in [0.2, 0.25) is 0 Å². The van der Waals surface area contributed by atoms with E-state index < -0.39 is 0 Å². The van der Waals surface area contributed by atoms with Crippen molar-refractivity contribution in [1.29, 1.82) is 0 Å². The first kappa shape index (κ1) is 16.9. The molecule has 0 unspecified atom stereocenters. The van der Waals surface area contributed by atoms with Crippen LogP contribution in [-0.4, -0.2) is 20.8 Å². The van der Waals surface area contributed by atoms with Crippen LogP contribution in [0.3, 0.4) is 0 Å². The minimum absolute atomic E-state index is 0.0828. The standard InChI is InChI=1S/C18H19FN4O2/c1-11(2)17-16(12(3)25-22-17)18(24)21-15-8-20-23(10-15)9-13-4-6-14(19)7-5-13/h4-8,10-11H,9H2,1-3H3,(H,21,24). The normalized spacial score (nSPS) is 11.1. The highest BCUT2D eigenvalue weighted by atomic mass is 19.1. The molecule has 1 amide bonds. The average Bonchev–Trinajstić information content (AvgIpc) is 3.16. The van der Waals surface area contributed by atoms with Gasteiger partial charge in [-0.3, -0.25) is 9.48 Å². The maximum absolute atomic E-state index is 12.9. The zero-order chi connectivity index (χ0) is 18.0. The molecule has 7 heteroatoms. The van der Waals surface area contributed by atoms with E-state index in [2.05, 4.69) is 15.6 Å². The quantitative estimate of drug-likeness (QED) is 0.766. The monoisotopic (exact) mass is 342 g/mol. The van der Waals surface area contributed by atoms with Crippen LogP contribution in [0, 0.1) is 12.7 Å². The van der Waals surface area contributed by atoms with E-state index in [1.54, 1.807) is 36.1 Å². The van der Waals surface area contributed by atoms with E-state index in [4.69, 9.17) is 4.52 Å². The molecule has 0 saturated carbocycles. The molecule has 0 fully saturated rings. The molecule has 0 aliphatic carbocycles. The average molecular weight is 342 g/mol. The second kappa shape index (κ2) is 6.88. The van der Waals surface area contributed by atoms with Gasteiger partial charge in [-0.1, -0.05) is 31.1 Å². The number of aryl methyl sites for hydroxylation is 1.